The van der Waals surface area contributed by atoms with Crippen LogP contribution in [0.2, 0.25) is 0 Å². The van der Waals surface area contributed by atoms with E-state index in [-0.39, 0.29) is 11.1 Å². The van der Waals surface area contributed by atoms with Gasteiger partial charge >= 0.3 is 0 Å². The topological polar surface area (TPSA) is 75.2 Å². The summed E-state index contributed by atoms with van der Waals surface area (Å²) in [5.41, 5.74) is 2.82. The first-order chi connectivity index (χ1) is 15.1. The Kier molecular flexibility index (Phi) is 5.09. The molecule has 1 atom stereocenters. The molecule has 1 saturated heterocycles. The summed E-state index contributed by atoms with van der Waals surface area (Å²) in [4.78, 5) is 38.7. The second kappa shape index (κ2) is 8.05. The first kappa shape index (κ1) is 19.6. The van der Waals surface area contributed by atoms with E-state index in [2.05, 4.69) is 26.7 Å². The summed E-state index contributed by atoms with van der Waals surface area (Å²) in [6, 6.07) is 14.7. The second-order valence-corrected chi connectivity index (χ2v) is 8.08. The van der Waals surface area contributed by atoms with Gasteiger partial charge in [-0.3, -0.25) is 28.2 Å². The summed E-state index contributed by atoms with van der Waals surface area (Å²) in [7, 11) is 0. The van der Waals surface area contributed by atoms with Gasteiger partial charge in [0.05, 0.1) is 11.4 Å². The third-order valence-electron chi connectivity index (χ3n) is 5.85. The smallest absolute Gasteiger partial charge is 0.258 e. The quantitative estimate of drug-likeness (QED) is 0.501. The van der Waals surface area contributed by atoms with E-state index < -0.39 is 0 Å². The van der Waals surface area contributed by atoms with Crippen molar-refractivity contribution in [1.82, 2.24) is 28.6 Å². The van der Waals surface area contributed by atoms with E-state index in [9.17, 15) is 9.59 Å². The molecule has 31 heavy (non-hydrogen) atoms. The molecule has 0 bridgehead atoms. The molecule has 0 saturated carbocycles. The SMILES string of the molecule is CC1CN(Cc2cc(=O)n3ccccc3n2)CCN1Cc1cc(=O)n2ccccc2n1. The molecule has 5 rings (SSSR count). The molecule has 1 aliphatic heterocycles. The van der Waals surface area contributed by atoms with Gasteiger partial charge in [-0.25, -0.2) is 9.97 Å². The molecule has 158 valence electrons. The highest BCUT2D eigenvalue weighted by molar-refractivity contribution is 5.38. The summed E-state index contributed by atoms with van der Waals surface area (Å²) in [6.45, 7) is 6.07. The highest BCUT2D eigenvalue weighted by Gasteiger charge is 2.24. The highest BCUT2D eigenvalue weighted by atomic mass is 16.1. The lowest BCUT2D eigenvalue weighted by Gasteiger charge is -2.39. The maximum absolute atomic E-state index is 12.4. The number of pyridine rings is 2. The molecular weight excluding hydrogens is 392 g/mol. The van der Waals surface area contributed by atoms with Gasteiger partial charge in [0.25, 0.3) is 11.1 Å². The van der Waals surface area contributed by atoms with Crippen LogP contribution in [-0.4, -0.2) is 54.2 Å². The van der Waals surface area contributed by atoms with Gasteiger partial charge in [-0.05, 0) is 31.2 Å². The Labute approximate surface area is 179 Å². The zero-order chi connectivity index (χ0) is 21.4. The molecule has 1 unspecified atom stereocenters. The average Bonchev–Trinajstić information content (AvgIpc) is 2.76. The van der Waals surface area contributed by atoms with Crippen LogP contribution in [0.1, 0.15) is 18.3 Å². The van der Waals surface area contributed by atoms with Crippen molar-refractivity contribution in [3.63, 3.8) is 0 Å². The van der Waals surface area contributed by atoms with E-state index in [1.807, 2.05) is 36.4 Å². The fourth-order valence-corrected chi connectivity index (χ4v) is 4.25. The maximum Gasteiger partial charge on any atom is 0.258 e. The standard InChI is InChI=1S/C23H24N6O2/c1-17-14-26(15-18-12-22(30)28-8-4-2-6-20(28)24-18)10-11-27(17)16-19-13-23(31)29-9-5-3-7-21(29)25-19/h2-9,12-13,17H,10-11,14-16H2,1H3. The zero-order valence-corrected chi connectivity index (χ0v) is 17.4. The molecule has 8 heteroatoms. The fraction of sp³-hybridized carbons (Fsp3) is 0.304. The predicted molar refractivity (Wildman–Crippen MR) is 118 cm³/mol. The second-order valence-electron chi connectivity index (χ2n) is 8.08. The van der Waals surface area contributed by atoms with Crippen molar-refractivity contribution in [2.45, 2.75) is 26.1 Å². The van der Waals surface area contributed by atoms with Crippen LogP contribution in [0.5, 0.6) is 0 Å². The zero-order valence-electron chi connectivity index (χ0n) is 17.4. The lowest BCUT2D eigenvalue weighted by molar-refractivity contribution is 0.0716. The summed E-state index contributed by atoms with van der Waals surface area (Å²) in [5, 5.41) is 0. The fourth-order valence-electron chi connectivity index (χ4n) is 4.25. The van der Waals surface area contributed by atoms with Crippen LogP contribution in [0.25, 0.3) is 11.3 Å². The van der Waals surface area contributed by atoms with Crippen molar-refractivity contribution in [3.05, 3.63) is 93.0 Å². The molecule has 0 aliphatic carbocycles. The van der Waals surface area contributed by atoms with Gasteiger partial charge in [-0.15, -0.1) is 0 Å². The van der Waals surface area contributed by atoms with Crippen LogP contribution >= 0.6 is 0 Å². The molecule has 0 radical (unpaired) electrons. The Morgan fingerprint density at radius 1 is 0.839 bits per heavy atom. The Morgan fingerprint density at radius 2 is 1.42 bits per heavy atom. The van der Waals surface area contributed by atoms with Crippen molar-refractivity contribution in [1.29, 1.82) is 0 Å². The predicted octanol–water partition coefficient (Wildman–Crippen LogP) is 1.41. The molecule has 8 nitrogen and oxygen atoms in total. The molecule has 1 aliphatic rings. The molecule has 0 spiro atoms. The van der Waals surface area contributed by atoms with Crippen LogP contribution in [0.15, 0.2) is 70.5 Å². The highest BCUT2D eigenvalue weighted by Crippen LogP contribution is 2.15. The van der Waals surface area contributed by atoms with Crippen molar-refractivity contribution in [2.75, 3.05) is 19.6 Å². The van der Waals surface area contributed by atoms with Crippen LogP contribution in [0.3, 0.4) is 0 Å². The van der Waals surface area contributed by atoms with Gasteiger partial charge in [-0.2, -0.15) is 0 Å². The van der Waals surface area contributed by atoms with Gasteiger partial charge in [-0.1, -0.05) is 12.1 Å². The Hall–Kier alpha value is -3.36. The molecule has 4 aromatic heterocycles. The van der Waals surface area contributed by atoms with Crippen LogP contribution in [0.4, 0.5) is 0 Å². The first-order valence-electron chi connectivity index (χ1n) is 10.5. The van der Waals surface area contributed by atoms with Gasteiger partial charge in [0.15, 0.2) is 0 Å². The Morgan fingerprint density at radius 3 is 2.00 bits per heavy atom. The minimum Gasteiger partial charge on any atom is -0.295 e. The molecule has 0 aromatic carbocycles. The third kappa shape index (κ3) is 3.99. The average molecular weight is 416 g/mol. The Bertz CT molecular complexity index is 1360. The summed E-state index contributed by atoms with van der Waals surface area (Å²) in [5.74, 6) is 0. The normalized spacial score (nSPS) is 18.0. The first-order valence-corrected chi connectivity index (χ1v) is 10.5. The van der Waals surface area contributed by atoms with E-state index in [0.717, 1.165) is 31.0 Å². The number of aromatic nitrogens is 4. The van der Waals surface area contributed by atoms with Crippen molar-refractivity contribution in [3.8, 4) is 0 Å². The molecule has 5 heterocycles. The van der Waals surface area contributed by atoms with Crippen LogP contribution in [0, 0.1) is 0 Å². The van der Waals surface area contributed by atoms with Gasteiger partial charge in [0, 0.05) is 63.3 Å². The molecule has 4 aromatic rings. The number of hydrogen-bond acceptors (Lipinski definition) is 6. The van der Waals surface area contributed by atoms with Gasteiger partial charge in [0.2, 0.25) is 0 Å². The van der Waals surface area contributed by atoms with E-state index in [1.54, 1.807) is 33.3 Å². The molecular formula is C23H24N6O2. The molecule has 0 N–H and O–H groups in total. The summed E-state index contributed by atoms with van der Waals surface area (Å²) in [6.07, 6.45) is 3.48. The van der Waals surface area contributed by atoms with E-state index in [0.29, 0.717) is 30.4 Å². The number of nitrogens with zero attached hydrogens (tertiary/aromatic N) is 6. The lowest BCUT2D eigenvalue weighted by atomic mass is 10.1. The van der Waals surface area contributed by atoms with Crippen molar-refractivity contribution in [2.24, 2.45) is 0 Å². The largest absolute Gasteiger partial charge is 0.295 e. The number of piperazine rings is 1. The number of rotatable bonds is 4. The monoisotopic (exact) mass is 416 g/mol. The molecule has 1 fully saturated rings. The lowest BCUT2D eigenvalue weighted by Crippen LogP contribution is -2.51. The number of fused-ring (bicyclic) bond motifs is 2. The van der Waals surface area contributed by atoms with Gasteiger partial charge in [0.1, 0.15) is 11.3 Å². The van der Waals surface area contributed by atoms with Crippen molar-refractivity contribution >= 4 is 11.3 Å². The number of hydrogen-bond donors (Lipinski definition) is 0. The summed E-state index contributed by atoms with van der Waals surface area (Å²) < 4.78 is 3.12. The van der Waals surface area contributed by atoms with Crippen molar-refractivity contribution < 1.29 is 0 Å². The van der Waals surface area contributed by atoms with Crippen LogP contribution in [-0.2, 0) is 13.1 Å². The van der Waals surface area contributed by atoms with E-state index in [1.165, 1.54) is 0 Å². The van der Waals surface area contributed by atoms with E-state index >= 15 is 0 Å². The summed E-state index contributed by atoms with van der Waals surface area (Å²) >= 11 is 0. The Balaban J connectivity index is 1.28. The maximum atomic E-state index is 12.4. The molecule has 0 amide bonds. The van der Waals surface area contributed by atoms with Crippen LogP contribution < -0.4 is 11.1 Å². The van der Waals surface area contributed by atoms with E-state index in [4.69, 9.17) is 0 Å². The minimum atomic E-state index is -0.0550. The third-order valence-corrected chi connectivity index (χ3v) is 5.85. The minimum absolute atomic E-state index is 0.0547. The van der Waals surface area contributed by atoms with Gasteiger partial charge < -0.3 is 0 Å².